The number of amides is 1. The summed E-state index contributed by atoms with van der Waals surface area (Å²) < 4.78 is 13.0. The minimum Gasteiger partial charge on any atom is -0.379 e. The van der Waals surface area contributed by atoms with Crippen LogP contribution in [0.5, 0.6) is 0 Å². The fourth-order valence-electron chi connectivity index (χ4n) is 5.44. The highest BCUT2D eigenvalue weighted by molar-refractivity contribution is 5.90. The molecular weight excluding hydrogens is 442 g/mol. The molecule has 35 heavy (non-hydrogen) atoms. The van der Waals surface area contributed by atoms with E-state index >= 15 is 0 Å². The van der Waals surface area contributed by atoms with Gasteiger partial charge in [0, 0.05) is 55.4 Å². The average Bonchev–Trinajstić information content (AvgIpc) is 3.36. The van der Waals surface area contributed by atoms with Crippen molar-refractivity contribution in [3.63, 3.8) is 0 Å². The summed E-state index contributed by atoms with van der Waals surface area (Å²) in [6, 6.07) is 8.35. The molecule has 1 fully saturated rings. The third kappa shape index (κ3) is 5.44. The molecule has 1 amide bonds. The lowest BCUT2D eigenvalue weighted by Gasteiger charge is -2.28. The Hall–Kier alpha value is -2.68. The number of hydrogen-bond donors (Lipinski definition) is 2. The molecule has 3 aromatic rings. The van der Waals surface area contributed by atoms with Crippen LogP contribution in [0.3, 0.4) is 0 Å². The summed E-state index contributed by atoms with van der Waals surface area (Å²) in [5.74, 6) is 1.40. The van der Waals surface area contributed by atoms with Gasteiger partial charge in [-0.1, -0.05) is 31.1 Å². The fraction of sp³-hybridized carbons (Fsp3) is 0.556. The highest BCUT2D eigenvalue weighted by atomic mass is 16.5. The van der Waals surface area contributed by atoms with E-state index < -0.39 is 0 Å². The molecule has 2 aliphatic rings. The molecule has 2 atom stereocenters. The number of morpholine rings is 1. The monoisotopic (exact) mass is 479 g/mol. The summed E-state index contributed by atoms with van der Waals surface area (Å²) in [5, 5.41) is 12.4. The molecule has 8 nitrogen and oxygen atoms in total. The van der Waals surface area contributed by atoms with Crippen molar-refractivity contribution < 1.29 is 14.1 Å². The molecule has 2 N–H and O–H groups in total. The number of carbonyl (C=O) groups excluding carboxylic acids is 1. The Kier molecular flexibility index (Phi) is 7.22. The predicted molar refractivity (Wildman–Crippen MR) is 135 cm³/mol. The van der Waals surface area contributed by atoms with Gasteiger partial charge in [0.2, 0.25) is 5.91 Å². The smallest absolute Gasteiger partial charge is 0.237 e. The first kappa shape index (κ1) is 24.0. The second-order valence-electron chi connectivity index (χ2n) is 10.3. The van der Waals surface area contributed by atoms with E-state index in [4.69, 9.17) is 9.26 Å². The minimum absolute atomic E-state index is 0.0767. The van der Waals surface area contributed by atoms with Gasteiger partial charge in [0.1, 0.15) is 11.5 Å². The highest BCUT2D eigenvalue weighted by Crippen LogP contribution is 2.36. The van der Waals surface area contributed by atoms with E-state index in [0.717, 1.165) is 50.7 Å². The Morgan fingerprint density at radius 3 is 2.86 bits per heavy atom. The van der Waals surface area contributed by atoms with Crippen LogP contribution in [0.25, 0.3) is 10.9 Å². The first-order valence-corrected chi connectivity index (χ1v) is 12.8. The molecule has 2 aliphatic heterocycles. The van der Waals surface area contributed by atoms with Gasteiger partial charge in [0.25, 0.3) is 0 Å². The van der Waals surface area contributed by atoms with Crippen molar-refractivity contribution in [2.75, 3.05) is 39.4 Å². The van der Waals surface area contributed by atoms with E-state index in [-0.39, 0.29) is 18.0 Å². The molecule has 2 unspecified atom stereocenters. The number of nitrogens with one attached hydrogen (secondary N) is 2. The minimum atomic E-state index is -0.274. The number of benzene rings is 1. The maximum absolute atomic E-state index is 13.3. The average molecular weight is 480 g/mol. The van der Waals surface area contributed by atoms with Crippen molar-refractivity contribution in [1.29, 1.82) is 0 Å². The van der Waals surface area contributed by atoms with Crippen LogP contribution in [0.15, 0.2) is 35.0 Å². The largest absolute Gasteiger partial charge is 0.379 e. The van der Waals surface area contributed by atoms with Crippen molar-refractivity contribution in [1.82, 2.24) is 25.3 Å². The first-order valence-electron chi connectivity index (χ1n) is 12.8. The molecule has 0 bridgehead atoms. The number of aryl methyl sites for hydroxylation is 1. The Morgan fingerprint density at radius 2 is 2.11 bits per heavy atom. The van der Waals surface area contributed by atoms with Gasteiger partial charge in [0.15, 0.2) is 0 Å². The van der Waals surface area contributed by atoms with Gasteiger partial charge in [-0.05, 0) is 42.9 Å². The molecule has 1 aromatic carbocycles. The second kappa shape index (κ2) is 10.5. The predicted octanol–water partition coefficient (Wildman–Crippen LogP) is 3.04. The molecule has 5 rings (SSSR count). The van der Waals surface area contributed by atoms with Gasteiger partial charge < -0.3 is 19.1 Å². The molecule has 0 aliphatic carbocycles. The maximum atomic E-state index is 13.3. The van der Waals surface area contributed by atoms with Crippen molar-refractivity contribution in [2.45, 2.75) is 52.2 Å². The number of aromatic nitrogens is 2. The van der Waals surface area contributed by atoms with Crippen LogP contribution in [0.1, 0.15) is 48.9 Å². The molecule has 0 radical (unpaired) electrons. The van der Waals surface area contributed by atoms with E-state index in [9.17, 15) is 4.79 Å². The van der Waals surface area contributed by atoms with Gasteiger partial charge in [-0.2, -0.15) is 0 Å². The summed E-state index contributed by atoms with van der Waals surface area (Å²) in [7, 11) is 0. The van der Waals surface area contributed by atoms with Crippen LogP contribution in [0.2, 0.25) is 0 Å². The third-order valence-corrected chi connectivity index (χ3v) is 7.08. The van der Waals surface area contributed by atoms with E-state index in [2.05, 4.69) is 63.5 Å². The molecular formula is C27H37N5O3. The summed E-state index contributed by atoms with van der Waals surface area (Å²) >= 11 is 0. The van der Waals surface area contributed by atoms with Crippen molar-refractivity contribution in [3.05, 3.63) is 53.0 Å². The number of rotatable bonds is 8. The molecule has 0 spiro atoms. The van der Waals surface area contributed by atoms with Crippen LogP contribution in [0.4, 0.5) is 0 Å². The van der Waals surface area contributed by atoms with E-state index in [1.165, 1.54) is 22.0 Å². The van der Waals surface area contributed by atoms with Gasteiger partial charge >= 0.3 is 0 Å². The Labute approximate surface area is 207 Å². The standard InChI is InChI=1S/C27H37N5O3/c1-18(2)13-23-22-5-4-6-25-26(22)20(16-32(25)17-21-14-19(3)35-30-21)15-24(29-23)27(33)28-7-8-31-9-11-34-12-10-31/h4-6,14,16,18,23-24,29H,7-13,15,17H2,1-3H3,(H,28,33). The Bertz CT molecular complexity index is 1160. The number of nitrogens with zero attached hydrogens (tertiary/aromatic N) is 3. The molecule has 188 valence electrons. The third-order valence-electron chi connectivity index (χ3n) is 7.08. The first-order chi connectivity index (χ1) is 17.0. The number of hydrogen-bond acceptors (Lipinski definition) is 6. The normalized spacial score (nSPS) is 20.9. The zero-order valence-corrected chi connectivity index (χ0v) is 21.0. The fourth-order valence-corrected chi connectivity index (χ4v) is 5.44. The zero-order valence-electron chi connectivity index (χ0n) is 21.0. The molecule has 0 saturated carbocycles. The summed E-state index contributed by atoms with van der Waals surface area (Å²) in [6.07, 6.45) is 3.84. The molecule has 1 saturated heterocycles. The van der Waals surface area contributed by atoms with Gasteiger partial charge in [-0.3, -0.25) is 15.0 Å². The zero-order chi connectivity index (χ0) is 24.4. The van der Waals surface area contributed by atoms with Crippen LogP contribution in [0, 0.1) is 12.8 Å². The van der Waals surface area contributed by atoms with Crippen LogP contribution in [-0.2, 0) is 22.5 Å². The van der Waals surface area contributed by atoms with Gasteiger partial charge in [-0.25, -0.2) is 0 Å². The topological polar surface area (TPSA) is 84.6 Å². The lowest BCUT2D eigenvalue weighted by Crippen LogP contribution is -2.48. The van der Waals surface area contributed by atoms with Crippen LogP contribution >= 0.6 is 0 Å². The van der Waals surface area contributed by atoms with Crippen molar-refractivity contribution >= 4 is 16.8 Å². The van der Waals surface area contributed by atoms with Crippen molar-refractivity contribution in [2.24, 2.45) is 5.92 Å². The highest BCUT2D eigenvalue weighted by Gasteiger charge is 2.31. The lowest BCUT2D eigenvalue weighted by molar-refractivity contribution is -0.123. The number of carbonyl (C=O) groups is 1. The molecule has 2 aromatic heterocycles. The van der Waals surface area contributed by atoms with E-state index in [0.29, 0.717) is 25.4 Å². The summed E-state index contributed by atoms with van der Waals surface area (Å²) in [6.45, 7) is 12.0. The van der Waals surface area contributed by atoms with Gasteiger partial charge in [-0.15, -0.1) is 0 Å². The summed E-state index contributed by atoms with van der Waals surface area (Å²) in [5.41, 5.74) is 4.58. The Balaban J connectivity index is 1.39. The quantitative estimate of drug-likeness (QED) is 0.517. The van der Waals surface area contributed by atoms with Crippen molar-refractivity contribution in [3.8, 4) is 0 Å². The molecule has 4 heterocycles. The Morgan fingerprint density at radius 1 is 1.29 bits per heavy atom. The van der Waals surface area contributed by atoms with Gasteiger partial charge in [0.05, 0.1) is 25.8 Å². The van der Waals surface area contributed by atoms with E-state index in [1.54, 1.807) is 0 Å². The van der Waals surface area contributed by atoms with Crippen LogP contribution < -0.4 is 10.6 Å². The maximum Gasteiger partial charge on any atom is 0.237 e. The summed E-state index contributed by atoms with van der Waals surface area (Å²) in [4.78, 5) is 15.7. The van der Waals surface area contributed by atoms with E-state index in [1.807, 2.05) is 13.0 Å². The molecule has 8 heteroatoms. The number of ether oxygens (including phenoxy) is 1. The SMILES string of the molecule is Cc1cc(Cn2cc3c4c(cccc42)C(CC(C)C)NC(C(=O)NCCN2CCOCC2)C3)no1. The lowest BCUT2D eigenvalue weighted by atomic mass is 9.94. The van der Waals surface area contributed by atoms with Crippen LogP contribution in [-0.4, -0.2) is 66.0 Å². The second-order valence-corrected chi connectivity index (χ2v) is 10.3.